The van der Waals surface area contributed by atoms with Gasteiger partial charge in [-0.25, -0.2) is 4.79 Å². The number of carboxylic acids is 1. The zero-order valence-corrected chi connectivity index (χ0v) is 9.42. The van der Waals surface area contributed by atoms with Gasteiger partial charge in [0.15, 0.2) is 0 Å². The van der Waals surface area contributed by atoms with Crippen molar-refractivity contribution in [2.24, 2.45) is 0 Å². The number of carbonyl (C=O) groups is 1. The number of aromatic nitrogens is 4. The second-order valence-corrected chi connectivity index (χ2v) is 3.47. The molecule has 2 rings (SSSR count). The highest BCUT2D eigenvalue weighted by molar-refractivity contribution is 6.32. The van der Waals surface area contributed by atoms with Crippen LogP contribution in [0.1, 0.15) is 10.4 Å². The highest BCUT2D eigenvalue weighted by Gasteiger charge is 2.16. The maximum Gasteiger partial charge on any atom is 0.339 e. The van der Waals surface area contributed by atoms with E-state index in [-0.39, 0.29) is 16.3 Å². The van der Waals surface area contributed by atoms with E-state index in [9.17, 15) is 4.79 Å². The van der Waals surface area contributed by atoms with Gasteiger partial charge in [-0.2, -0.15) is 4.68 Å². The van der Waals surface area contributed by atoms with Gasteiger partial charge < -0.3 is 9.84 Å². The second-order valence-electron chi connectivity index (χ2n) is 3.06. The van der Waals surface area contributed by atoms with E-state index >= 15 is 0 Å². The van der Waals surface area contributed by atoms with E-state index in [4.69, 9.17) is 21.4 Å². The first-order chi connectivity index (χ1) is 8.13. The Morgan fingerprint density at radius 1 is 1.53 bits per heavy atom. The van der Waals surface area contributed by atoms with E-state index in [1.165, 1.54) is 30.3 Å². The fourth-order valence-electron chi connectivity index (χ4n) is 1.33. The Morgan fingerprint density at radius 3 is 2.82 bits per heavy atom. The molecular weight excluding hydrogens is 248 g/mol. The summed E-state index contributed by atoms with van der Waals surface area (Å²) in [5.74, 6) is -0.931. The monoisotopic (exact) mass is 254 g/mol. The molecule has 7 nitrogen and oxygen atoms in total. The summed E-state index contributed by atoms with van der Waals surface area (Å²) in [6, 6.07) is 2.75. The van der Waals surface area contributed by atoms with Gasteiger partial charge in [0.05, 0.1) is 17.8 Å². The largest absolute Gasteiger partial charge is 0.496 e. The Labute approximate surface area is 101 Å². The average molecular weight is 255 g/mol. The van der Waals surface area contributed by atoms with Crippen molar-refractivity contribution >= 4 is 17.6 Å². The number of rotatable bonds is 3. The zero-order chi connectivity index (χ0) is 12.4. The van der Waals surface area contributed by atoms with E-state index < -0.39 is 5.97 Å². The predicted molar refractivity (Wildman–Crippen MR) is 57.7 cm³/mol. The molecule has 1 N–H and O–H groups in total. The van der Waals surface area contributed by atoms with E-state index in [2.05, 4.69) is 15.5 Å². The summed E-state index contributed by atoms with van der Waals surface area (Å²) in [5, 5.41) is 19.8. The van der Waals surface area contributed by atoms with Crippen LogP contribution in [0.5, 0.6) is 5.75 Å². The number of tetrazole rings is 1. The van der Waals surface area contributed by atoms with Gasteiger partial charge in [0, 0.05) is 6.07 Å². The lowest BCUT2D eigenvalue weighted by molar-refractivity contribution is 0.0693. The Bertz CT molecular complexity index is 556. The van der Waals surface area contributed by atoms with Crippen LogP contribution in [0.4, 0.5) is 0 Å². The third-order valence-electron chi connectivity index (χ3n) is 2.10. The molecule has 2 aromatic rings. The number of ether oxygens (including phenoxy) is 1. The van der Waals surface area contributed by atoms with Crippen molar-refractivity contribution in [1.29, 1.82) is 0 Å². The highest BCUT2D eigenvalue weighted by Crippen LogP contribution is 2.29. The molecule has 0 aliphatic heterocycles. The summed E-state index contributed by atoms with van der Waals surface area (Å²) in [7, 11) is 1.37. The molecule has 0 bridgehead atoms. The van der Waals surface area contributed by atoms with Gasteiger partial charge in [0.1, 0.15) is 17.6 Å². The summed E-state index contributed by atoms with van der Waals surface area (Å²) in [4.78, 5) is 10.9. The number of benzene rings is 1. The SMILES string of the molecule is COc1cc(-n2cnnn2)c(Cl)cc1C(=O)O. The number of hydrogen-bond acceptors (Lipinski definition) is 5. The lowest BCUT2D eigenvalue weighted by Crippen LogP contribution is -2.04. The minimum atomic E-state index is -1.12. The molecule has 0 radical (unpaired) electrons. The molecule has 0 saturated carbocycles. The van der Waals surface area contributed by atoms with Gasteiger partial charge >= 0.3 is 5.97 Å². The number of halogens is 1. The molecule has 0 amide bonds. The van der Waals surface area contributed by atoms with Crippen LogP contribution in [0.2, 0.25) is 5.02 Å². The Kier molecular flexibility index (Phi) is 2.92. The Hall–Kier alpha value is -2.15. The minimum absolute atomic E-state index is 0.0191. The fraction of sp³-hybridized carbons (Fsp3) is 0.111. The summed E-state index contributed by atoms with van der Waals surface area (Å²) >= 11 is 5.96. The van der Waals surface area contributed by atoms with Crippen LogP contribution in [0, 0.1) is 0 Å². The minimum Gasteiger partial charge on any atom is -0.496 e. The maximum atomic E-state index is 10.9. The van der Waals surface area contributed by atoms with Crippen molar-refractivity contribution in [2.45, 2.75) is 0 Å². The normalized spacial score (nSPS) is 10.2. The standard InChI is InChI=1S/C9H7ClN4O3/c1-17-8-3-7(14-4-11-12-13-14)6(10)2-5(8)9(15)16/h2-4H,1H3,(H,15,16). The molecule has 17 heavy (non-hydrogen) atoms. The van der Waals surface area contributed by atoms with Crippen molar-refractivity contribution in [3.63, 3.8) is 0 Å². The summed E-state index contributed by atoms with van der Waals surface area (Å²) in [5.41, 5.74) is 0.424. The fourth-order valence-corrected chi connectivity index (χ4v) is 1.58. The zero-order valence-electron chi connectivity index (χ0n) is 8.66. The van der Waals surface area contributed by atoms with Crippen LogP contribution in [-0.2, 0) is 0 Å². The molecule has 0 unspecified atom stereocenters. The van der Waals surface area contributed by atoms with Gasteiger partial charge in [-0.3, -0.25) is 0 Å². The van der Waals surface area contributed by atoms with Crippen molar-refractivity contribution < 1.29 is 14.6 Å². The molecule has 0 aliphatic rings. The van der Waals surface area contributed by atoms with Crippen LogP contribution in [0.3, 0.4) is 0 Å². The molecule has 8 heteroatoms. The van der Waals surface area contributed by atoms with Crippen LogP contribution >= 0.6 is 11.6 Å². The van der Waals surface area contributed by atoms with E-state index in [0.717, 1.165) is 0 Å². The summed E-state index contributed by atoms with van der Waals surface area (Å²) in [6.45, 7) is 0. The molecule has 0 saturated heterocycles. The summed E-state index contributed by atoms with van der Waals surface area (Å²) < 4.78 is 6.29. The number of hydrogen-bond donors (Lipinski definition) is 1. The molecule has 1 heterocycles. The molecule has 1 aromatic carbocycles. The van der Waals surface area contributed by atoms with Crippen molar-refractivity contribution in [1.82, 2.24) is 20.2 Å². The lowest BCUT2D eigenvalue weighted by atomic mass is 10.2. The van der Waals surface area contributed by atoms with Gasteiger partial charge in [-0.15, -0.1) is 5.10 Å². The van der Waals surface area contributed by atoms with Gasteiger partial charge in [-0.05, 0) is 16.5 Å². The first-order valence-corrected chi connectivity index (χ1v) is 4.85. The third kappa shape index (κ3) is 2.04. The second kappa shape index (κ2) is 4.38. The van der Waals surface area contributed by atoms with Crippen LogP contribution in [0.15, 0.2) is 18.5 Å². The number of methoxy groups -OCH3 is 1. The average Bonchev–Trinajstić information content (AvgIpc) is 2.82. The molecule has 0 fully saturated rings. The quantitative estimate of drug-likeness (QED) is 0.880. The van der Waals surface area contributed by atoms with Crippen LogP contribution in [-0.4, -0.2) is 38.4 Å². The predicted octanol–water partition coefficient (Wildman–Crippen LogP) is 1.02. The highest BCUT2D eigenvalue weighted by atomic mass is 35.5. The maximum absolute atomic E-state index is 10.9. The number of carboxylic acid groups (broad SMARTS) is 1. The van der Waals surface area contributed by atoms with Crippen molar-refractivity contribution in [3.05, 3.63) is 29.0 Å². The van der Waals surface area contributed by atoms with E-state index in [0.29, 0.717) is 5.69 Å². The lowest BCUT2D eigenvalue weighted by Gasteiger charge is -2.09. The Morgan fingerprint density at radius 2 is 2.29 bits per heavy atom. The Balaban J connectivity index is 2.60. The van der Waals surface area contributed by atoms with Crippen molar-refractivity contribution in [2.75, 3.05) is 7.11 Å². The van der Waals surface area contributed by atoms with Crippen LogP contribution < -0.4 is 4.74 Å². The molecule has 88 valence electrons. The molecule has 0 spiro atoms. The van der Waals surface area contributed by atoms with E-state index in [1.807, 2.05) is 0 Å². The van der Waals surface area contributed by atoms with Gasteiger partial charge in [0.25, 0.3) is 0 Å². The smallest absolute Gasteiger partial charge is 0.339 e. The number of nitrogens with zero attached hydrogens (tertiary/aromatic N) is 4. The molecule has 0 atom stereocenters. The van der Waals surface area contributed by atoms with Gasteiger partial charge in [-0.1, -0.05) is 11.6 Å². The molecule has 0 aliphatic carbocycles. The van der Waals surface area contributed by atoms with Crippen molar-refractivity contribution in [3.8, 4) is 11.4 Å². The third-order valence-corrected chi connectivity index (χ3v) is 2.40. The van der Waals surface area contributed by atoms with Gasteiger partial charge in [0.2, 0.25) is 0 Å². The first-order valence-electron chi connectivity index (χ1n) is 4.47. The summed E-state index contributed by atoms with van der Waals surface area (Å²) in [6.07, 6.45) is 1.35. The topological polar surface area (TPSA) is 90.1 Å². The molecule has 1 aromatic heterocycles. The first kappa shape index (κ1) is 11.3. The molecular formula is C9H7ClN4O3. The van der Waals surface area contributed by atoms with Crippen LogP contribution in [0.25, 0.3) is 5.69 Å². The van der Waals surface area contributed by atoms with E-state index in [1.54, 1.807) is 0 Å². The number of aromatic carboxylic acids is 1.